The summed E-state index contributed by atoms with van der Waals surface area (Å²) >= 11 is 0. The second-order valence-electron chi connectivity index (χ2n) is 8.54. The van der Waals surface area contributed by atoms with Crippen molar-refractivity contribution in [2.75, 3.05) is 41.2 Å². The maximum absolute atomic E-state index is 13.6. The highest BCUT2D eigenvalue weighted by molar-refractivity contribution is 7.91. The normalized spacial score (nSPS) is 17.7. The molecule has 37 heavy (non-hydrogen) atoms. The fraction of sp³-hybridized carbons (Fsp3) is 0.500. The fourth-order valence-corrected chi connectivity index (χ4v) is 5.62. The number of rotatable bonds is 10. The molecule has 0 bridgehead atoms. The minimum Gasteiger partial charge on any atom is -0.494 e. The van der Waals surface area contributed by atoms with E-state index in [1.807, 2.05) is 0 Å². The summed E-state index contributed by atoms with van der Waals surface area (Å²) < 4.78 is 56.6. The first-order valence-electron chi connectivity index (χ1n) is 11.7. The monoisotopic (exact) mass is 533 g/mol. The van der Waals surface area contributed by atoms with Gasteiger partial charge in [-0.3, -0.25) is 4.57 Å². The number of hydrogen-bond donors (Lipinski definition) is 0. The number of nitrogens with zero attached hydrogens (tertiary/aromatic N) is 5. The van der Waals surface area contributed by atoms with Crippen LogP contribution in [0, 0.1) is 0 Å². The molecule has 3 aromatic rings. The molecule has 4 rings (SSSR count). The Kier molecular flexibility index (Phi) is 8.25. The molecule has 1 aliphatic heterocycles. The van der Waals surface area contributed by atoms with Gasteiger partial charge in [0.05, 0.1) is 58.8 Å². The zero-order valence-corrected chi connectivity index (χ0v) is 22.3. The maximum Gasteiger partial charge on any atom is 0.169 e. The Morgan fingerprint density at radius 3 is 2.27 bits per heavy atom. The summed E-state index contributed by atoms with van der Waals surface area (Å²) in [6.45, 7) is 4.51. The van der Waals surface area contributed by atoms with Crippen molar-refractivity contribution in [3.05, 3.63) is 48.1 Å². The Bertz CT molecular complexity index is 1290. The van der Waals surface area contributed by atoms with Crippen molar-refractivity contribution in [3.63, 3.8) is 0 Å². The van der Waals surface area contributed by atoms with E-state index in [9.17, 15) is 8.42 Å². The first kappa shape index (κ1) is 26.8. The van der Waals surface area contributed by atoms with Gasteiger partial charge in [0.2, 0.25) is 0 Å². The summed E-state index contributed by atoms with van der Waals surface area (Å²) in [4.78, 5) is 8.54. The lowest BCUT2D eigenvalue weighted by Gasteiger charge is -2.25. The van der Waals surface area contributed by atoms with E-state index in [0.717, 1.165) is 0 Å². The first-order chi connectivity index (χ1) is 17.8. The summed E-state index contributed by atoms with van der Waals surface area (Å²) in [7, 11) is 0.813. The average Bonchev–Trinajstić information content (AvgIpc) is 3.34. The molecule has 3 atom stereocenters. The molecule has 0 spiro atoms. The molecule has 0 saturated carbocycles. The molecule has 1 aromatic carbocycles. The van der Waals surface area contributed by atoms with Crippen molar-refractivity contribution >= 4 is 9.84 Å². The predicted octanol–water partition coefficient (Wildman–Crippen LogP) is 2.28. The molecule has 12 nitrogen and oxygen atoms in total. The van der Waals surface area contributed by atoms with Crippen molar-refractivity contribution in [2.24, 2.45) is 0 Å². The van der Waals surface area contributed by atoms with Crippen LogP contribution in [-0.2, 0) is 25.1 Å². The number of sulfone groups is 1. The lowest BCUT2D eigenvalue weighted by atomic mass is 10.1. The fourth-order valence-electron chi connectivity index (χ4n) is 4.06. The van der Waals surface area contributed by atoms with E-state index in [1.165, 1.54) is 33.7 Å². The number of benzene rings is 1. The highest BCUT2D eigenvalue weighted by Crippen LogP contribution is 2.37. The summed E-state index contributed by atoms with van der Waals surface area (Å²) in [5.41, 5.74) is 0.478. The molecular weight excluding hydrogens is 502 g/mol. The average molecular weight is 534 g/mol. The standard InChI is InChI=1S/C24H31N5O7S/c1-15(23-25-11-17(32-3)12-26-23)16(2)37(30,31)14-21-27-28-24(20-13-35-9-10-36-20)29(21)22-18(33-4)7-6-8-19(22)34-5/h6-8,11-12,15-16,20H,9-10,13-14H2,1-5H3/t15-,16-,20-/m0/s1. The van der Waals surface area contributed by atoms with E-state index in [-0.39, 0.29) is 12.4 Å². The SMILES string of the molecule is COc1cnc([C@@H](C)[C@H](C)S(=O)(=O)Cc2nnc([C@@H]3COCCO3)n2-c2c(OC)cccc2OC)nc1. The van der Waals surface area contributed by atoms with E-state index < -0.39 is 32.9 Å². The summed E-state index contributed by atoms with van der Waals surface area (Å²) in [5.74, 6) is 1.53. The molecule has 0 amide bonds. The Morgan fingerprint density at radius 2 is 1.70 bits per heavy atom. The number of para-hydroxylation sites is 1. The van der Waals surface area contributed by atoms with Crippen LogP contribution in [0.25, 0.3) is 5.69 Å². The van der Waals surface area contributed by atoms with Gasteiger partial charge in [-0.15, -0.1) is 10.2 Å². The van der Waals surface area contributed by atoms with Crippen molar-refractivity contribution in [1.82, 2.24) is 24.7 Å². The van der Waals surface area contributed by atoms with Crippen LogP contribution >= 0.6 is 0 Å². The lowest BCUT2D eigenvalue weighted by molar-refractivity contribution is -0.0942. The molecule has 3 heterocycles. The van der Waals surface area contributed by atoms with Gasteiger partial charge in [0.15, 0.2) is 27.2 Å². The number of ether oxygens (including phenoxy) is 5. The summed E-state index contributed by atoms with van der Waals surface area (Å²) in [6.07, 6.45) is 2.49. The van der Waals surface area contributed by atoms with Crippen LogP contribution in [0.15, 0.2) is 30.6 Å². The van der Waals surface area contributed by atoms with Crippen LogP contribution in [0.5, 0.6) is 17.2 Å². The van der Waals surface area contributed by atoms with Crippen LogP contribution in [0.2, 0.25) is 0 Å². The van der Waals surface area contributed by atoms with Crippen LogP contribution in [0.3, 0.4) is 0 Å². The van der Waals surface area contributed by atoms with E-state index >= 15 is 0 Å². The third kappa shape index (κ3) is 5.53. The van der Waals surface area contributed by atoms with E-state index in [4.69, 9.17) is 23.7 Å². The summed E-state index contributed by atoms with van der Waals surface area (Å²) in [6, 6.07) is 5.29. The smallest absolute Gasteiger partial charge is 0.169 e. The Labute approximate surface area is 215 Å². The van der Waals surface area contributed by atoms with Gasteiger partial charge >= 0.3 is 0 Å². The van der Waals surface area contributed by atoms with Gasteiger partial charge < -0.3 is 23.7 Å². The molecule has 1 fully saturated rings. The van der Waals surface area contributed by atoms with Gasteiger partial charge in [-0.05, 0) is 19.1 Å². The Balaban J connectivity index is 1.74. The largest absolute Gasteiger partial charge is 0.494 e. The third-order valence-electron chi connectivity index (χ3n) is 6.38. The molecular formula is C24H31N5O7S. The zero-order chi connectivity index (χ0) is 26.6. The van der Waals surface area contributed by atoms with Crippen LogP contribution < -0.4 is 14.2 Å². The molecule has 13 heteroatoms. The van der Waals surface area contributed by atoms with Gasteiger partial charge in [-0.1, -0.05) is 13.0 Å². The Morgan fingerprint density at radius 1 is 1.03 bits per heavy atom. The number of methoxy groups -OCH3 is 3. The quantitative estimate of drug-likeness (QED) is 0.379. The van der Waals surface area contributed by atoms with Crippen LogP contribution in [0.1, 0.15) is 43.3 Å². The van der Waals surface area contributed by atoms with Crippen LogP contribution in [0.4, 0.5) is 0 Å². The van der Waals surface area contributed by atoms with Crippen LogP contribution in [-0.4, -0.2) is 79.6 Å². The second kappa shape index (κ2) is 11.4. The minimum atomic E-state index is -3.75. The van der Waals surface area contributed by atoms with Gasteiger partial charge in [0.25, 0.3) is 0 Å². The minimum absolute atomic E-state index is 0.196. The highest BCUT2D eigenvalue weighted by atomic mass is 32.2. The molecule has 1 aliphatic rings. The zero-order valence-electron chi connectivity index (χ0n) is 21.4. The molecule has 0 radical (unpaired) electrons. The molecule has 0 N–H and O–H groups in total. The second-order valence-corrected chi connectivity index (χ2v) is 10.9. The van der Waals surface area contributed by atoms with Crippen molar-refractivity contribution in [1.29, 1.82) is 0 Å². The van der Waals surface area contributed by atoms with E-state index in [1.54, 1.807) is 36.6 Å². The predicted molar refractivity (Wildman–Crippen MR) is 133 cm³/mol. The molecule has 1 saturated heterocycles. The molecule has 0 aliphatic carbocycles. The topological polar surface area (TPSA) is 137 Å². The number of aromatic nitrogens is 5. The van der Waals surface area contributed by atoms with Gasteiger partial charge in [-0.2, -0.15) is 0 Å². The van der Waals surface area contributed by atoms with E-state index in [2.05, 4.69) is 20.2 Å². The lowest BCUT2D eigenvalue weighted by Crippen LogP contribution is -2.28. The molecule has 200 valence electrons. The summed E-state index contributed by atoms with van der Waals surface area (Å²) in [5, 5.41) is 7.79. The number of hydrogen-bond acceptors (Lipinski definition) is 11. The van der Waals surface area contributed by atoms with Gasteiger partial charge in [-0.25, -0.2) is 18.4 Å². The molecule has 0 unspecified atom stereocenters. The van der Waals surface area contributed by atoms with Crippen molar-refractivity contribution in [3.8, 4) is 22.9 Å². The van der Waals surface area contributed by atoms with Crippen molar-refractivity contribution in [2.45, 2.75) is 36.9 Å². The third-order valence-corrected chi connectivity index (χ3v) is 8.58. The highest BCUT2D eigenvalue weighted by Gasteiger charge is 2.34. The maximum atomic E-state index is 13.6. The van der Waals surface area contributed by atoms with Gasteiger partial charge in [0.1, 0.15) is 34.9 Å². The van der Waals surface area contributed by atoms with Crippen molar-refractivity contribution < 1.29 is 32.1 Å². The van der Waals surface area contributed by atoms with Gasteiger partial charge in [0, 0.05) is 5.92 Å². The first-order valence-corrected chi connectivity index (χ1v) is 13.4. The van der Waals surface area contributed by atoms with E-state index in [0.29, 0.717) is 47.8 Å². The Hall–Kier alpha value is -3.29. The molecule has 2 aromatic heterocycles.